The highest BCUT2D eigenvalue weighted by Gasteiger charge is 2.23. The molecule has 2 unspecified atom stereocenters. The normalized spacial score (nSPS) is 22.6. The standard InChI is InChI=1S/C17H27NO2/c1-2-14-6-3-4-7-17(14)20-13-5-12-19-16-10-8-15(18)9-11-16/h8-11,14,17H,2-7,12-13,18H2,1H3. The van der Waals surface area contributed by atoms with E-state index in [-0.39, 0.29) is 0 Å². The molecule has 3 nitrogen and oxygen atoms in total. The third-order valence-electron chi connectivity index (χ3n) is 4.13. The molecule has 112 valence electrons. The van der Waals surface area contributed by atoms with Gasteiger partial charge in [-0.05, 0) is 43.0 Å². The molecular weight excluding hydrogens is 250 g/mol. The van der Waals surface area contributed by atoms with Crippen molar-refractivity contribution >= 4 is 5.69 Å². The second-order valence-electron chi connectivity index (χ2n) is 5.63. The number of nitrogens with two attached hydrogens (primary N) is 1. The molecule has 0 spiro atoms. The summed E-state index contributed by atoms with van der Waals surface area (Å²) in [6.45, 7) is 3.78. The Kier molecular flexibility index (Phi) is 6.19. The highest BCUT2D eigenvalue weighted by atomic mass is 16.5. The summed E-state index contributed by atoms with van der Waals surface area (Å²) in [5, 5.41) is 0. The van der Waals surface area contributed by atoms with E-state index in [2.05, 4.69) is 6.92 Å². The van der Waals surface area contributed by atoms with Gasteiger partial charge in [0.1, 0.15) is 5.75 Å². The Hall–Kier alpha value is -1.22. The molecule has 0 aliphatic heterocycles. The van der Waals surface area contributed by atoms with E-state index >= 15 is 0 Å². The zero-order chi connectivity index (χ0) is 14.2. The number of anilines is 1. The molecule has 0 saturated heterocycles. The van der Waals surface area contributed by atoms with Crippen molar-refractivity contribution in [1.29, 1.82) is 0 Å². The van der Waals surface area contributed by atoms with Crippen LogP contribution in [0.25, 0.3) is 0 Å². The topological polar surface area (TPSA) is 44.5 Å². The summed E-state index contributed by atoms with van der Waals surface area (Å²) in [6, 6.07) is 7.54. The van der Waals surface area contributed by atoms with Crippen LogP contribution in [-0.4, -0.2) is 19.3 Å². The van der Waals surface area contributed by atoms with Crippen LogP contribution in [-0.2, 0) is 4.74 Å². The zero-order valence-electron chi connectivity index (χ0n) is 12.5. The first-order valence-electron chi connectivity index (χ1n) is 7.89. The van der Waals surface area contributed by atoms with Gasteiger partial charge in [0, 0.05) is 12.1 Å². The Labute approximate surface area is 122 Å². The fraction of sp³-hybridized carbons (Fsp3) is 0.647. The van der Waals surface area contributed by atoms with Gasteiger partial charge >= 0.3 is 0 Å². The lowest BCUT2D eigenvalue weighted by Gasteiger charge is -2.30. The maximum atomic E-state index is 6.04. The number of ether oxygens (including phenoxy) is 2. The van der Waals surface area contributed by atoms with Crippen LogP contribution >= 0.6 is 0 Å². The first kappa shape index (κ1) is 15.2. The Morgan fingerprint density at radius 1 is 1.10 bits per heavy atom. The van der Waals surface area contributed by atoms with Gasteiger partial charge in [-0.3, -0.25) is 0 Å². The minimum absolute atomic E-state index is 0.477. The highest BCUT2D eigenvalue weighted by molar-refractivity contribution is 5.41. The molecule has 0 radical (unpaired) electrons. The molecular formula is C17H27NO2. The Morgan fingerprint density at radius 2 is 1.85 bits per heavy atom. The molecule has 3 heteroatoms. The number of hydrogen-bond donors (Lipinski definition) is 1. The average Bonchev–Trinajstić information content (AvgIpc) is 2.49. The smallest absolute Gasteiger partial charge is 0.119 e. The molecule has 1 saturated carbocycles. The minimum Gasteiger partial charge on any atom is -0.494 e. The van der Waals surface area contributed by atoms with Crippen LogP contribution in [0.3, 0.4) is 0 Å². The fourth-order valence-electron chi connectivity index (χ4n) is 2.91. The van der Waals surface area contributed by atoms with Gasteiger partial charge in [0.25, 0.3) is 0 Å². The summed E-state index contributed by atoms with van der Waals surface area (Å²) >= 11 is 0. The van der Waals surface area contributed by atoms with Gasteiger partial charge in [0.15, 0.2) is 0 Å². The van der Waals surface area contributed by atoms with E-state index in [9.17, 15) is 0 Å². The lowest BCUT2D eigenvalue weighted by Crippen LogP contribution is -2.27. The van der Waals surface area contributed by atoms with Crippen molar-refractivity contribution in [3.05, 3.63) is 24.3 Å². The molecule has 2 rings (SSSR count). The predicted octanol–water partition coefficient (Wildman–Crippen LogP) is 4.02. The summed E-state index contributed by atoms with van der Waals surface area (Å²) in [5.74, 6) is 1.64. The van der Waals surface area contributed by atoms with Crippen LogP contribution in [0.4, 0.5) is 5.69 Å². The molecule has 0 aromatic heterocycles. The first-order chi connectivity index (χ1) is 9.79. The lowest BCUT2D eigenvalue weighted by atomic mass is 9.85. The fourth-order valence-corrected chi connectivity index (χ4v) is 2.91. The van der Waals surface area contributed by atoms with E-state index in [0.29, 0.717) is 12.7 Å². The second-order valence-corrected chi connectivity index (χ2v) is 5.63. The third-order valence-corrected chi connectivity index (χ3v) is 4.13. The van der Waals surface area contributed by atoms with Crippen molar-refractivity contribution in [2.45, 2.75) is 51.6 Å². The maximum absolute atomic E-state index is 6.04. The first-order valence-corrected chi connectivity index (χ1v) is 7.89. The van der Waals surface area contributed by atoms with E-state index in [4.69, 9.17) is 15.2 Å². The Morgan fingerprint density at radius 3 is 2.60 bits per heavy atom. The summed E-state index contributed by atoms with van der Waals surface area (Å²) in [4.78, 5) is 0. The molecule has 2 atom stereocenters. The summed E-state index contributed by atoms with van der Waals surface area (Å²) in [5.41, 5.74) is 6.40. The van der Waals surface area contributed by atoms with Crippen LogP contribution in [0.5, 0.6) is 5.75 Å². The van der Waals surface area contributed by atoms with Crippen LogP contribution in [0, 0.1) is 5.92 Å². The van der Waals surface area contributed by atoms with Crippen LogP contribution in [0.15, 0.2) is 24.3 Å². The average molecular weight is 277 g/mol. The molecule has 1 aliphatic rings. The van der Waals surface area contributed by atoms with Gasteiger partial charge in [-0.1, -0.05) is 26.2 Å². The van der Waals surface area contributed by atoms with Crippen molar-refractivity contribution in [2.24, 2.45) is 5.92 Å². The number of rotatable bonds is 7. The predicted molar refractivity (Wildman–Crippen MR) is 83.0 cm³/mol. The lowest BCUT2D eigenvalue weighted by molar-refractivity contribution is -0.0158. The van der Waals surface area contributed by atoms with Gasteiger partial charge in [-0.2, -0.15) is 0 Å². The van der Waals surface area contributed by atoms with Crippen molar-refractivity contribution in [3.63, 3.8) is 0 Å². The van der Waals surface area contributed by atoms with Crippen molar-refractivity contribution in [3.8, 4) is 5.75 Å². The number of nitrogen functional groups attached to an aromatic ring is 1. The summed E-state index contributed by atoms with van der Waals surface area (Å²) in [7, 11) is 0. The van der Waals surface area contributed by atoms with E-state index in [0.717, 1.165) is 30.4 Å². The molecule has 1 aliphatic carbocycles. The molecule has 20 heavy (non-hydrogen) atoms. The molecule has 1 fully saturated rings. The molecule has 0 bridgehead atoms. The van der Waals surface area contributed by atoms with Gasteiger partial charge in [0.05, 0.1) is 19.3 Å². The van der Waals surface area contributed by atoms with E-state index in [1.165, 1.54) is 32.1 Å². The Bertz CT molecular complexity index is 377. The number of hydrogen-bond acceptors (Lipinski definition) is 3. The molecule has 1 aromatic rings. The van der Waals surface area contributed by atoms with Gasteiger partial charge in [0.2, 0.25) is 0 Å². The van der Waals surface area contributed by atoms with E-state index in [1.54, 1.807) is 0 Å². The summed E-state index contributed by atoms with van der Waals surface area (Å²) < 4.78 is 11.7. The quantitative estimate of drug-likeness (QED) is 0.604. The highest BCUT2D eigenvalue weighted by Crippen LogP contribution is 2.29. The Balaban J connectivity index is 1.60. The number of benzene rings is 1. The zero-order valence-corrected chi connectivity index (χ0v) is 12.5. The third kappa shape index (κ3) is 4.71. The minimum atomic E-state index is 0.477. The van der Waals surface area contributed by atoms with Gasteiger partial charge < -0.3 is 15.2 Å². The molecule has 2 N–H and O–H groups in total. The molecule has 0 heterocycles. The van der Waals surface area contributed by atoms with Crippen LogP contribution < -0.4 is 10.5 Å². The van der Waals surface area contributed by atoms with Gasteiger partial charge in [-0.25, -0.2) is 0 Å². The van der Waals surface area contributed by atoms with Crippen molar-refractivity contribution < 1.29 is 9.47 Å². The molecule has 1 aromatic carbocycles. The van der Waals surface area contributed by atoms with E-state index < -0.39 is 0 Å². The van der Waals surface area contributed by atoms with E-state index in [1.807, 2.05) is 24.3 Å². The second kappa shape index (κ2) is 8.15. The van der Waals surface area contributed by atoms with Crippen molar-refractivity contribution in [1.82, 2.24) is 0 Å². The summed E-state index contributed by atoms with van der Waals surface area (Å²) in [6.07, 6.45) is 7.93. The molecule has 0 amide bonds. The van der Waals surface area contributed by atoms with Crippen LogP contribution in [0.1, 0.15) is 45.4 Å². The van der Waals surface area contributed by atoms with Gasteiger partial charge in [-0.15, -0.1) is 0 Å². The van der Waals surface area contributed by atoms with Crippen molar-refractivity contribution in [2.75, 3.05) is 18.9 Å². The largest absolute Gasteiger partial charge is 0.494 e. The SMILES string of the molecule is CCC1CCCCC1OCCCOc1ccc(N)cc1. The maximum Gasteiger partial charge on any atom is 0.119 e. The monoisotopic (exact) mass is 277 g/mol. The van der Waals surface area contributed by atoms with Crippen LogP contribution in [0.2, 0.25) is 0 Å².